The third-order valence-electron chi connectivity index (χ3n) is 0.663. The van der Waals surface area contributed by atoms with Gasteiger partial charge >= 0.3 is 5.97 Å². The number of hydrogen-bond acceptors (Lipinski definition) is 2. The highest BCUT2D eigenvalue weighted by Crippen LogP contribution is 2.04. The summed E-state index contributed by atoms with van der Waals surface area (Å²) in [7, 11) is 0. The van der Waals surface area contributed by atoms with Crippen molar-refractivity contribution in [3.63, 3.8) is 0 Å². The van der Waals surface area contributed by atoms with E-state index < -0.39 is 0 Å². The van der Waals surface area contributed by atoms with Crippen LogP contribution in [0.3, 0.4) is 0 Å². The van der Waals surface area contributed by atoms with Crippen LogP contribution >= 0.6 is 31.9 Å². The summed E-state index contributed by atoms with van der Waals surface area (Å²) in [5.74, 6) is -0.184. The van der Waals surface area contributed by atoms with Crippen molar-refractivity contribution in [2.75, 3.05) is 5.52 Å². The smallest absolute Gasteiger partial charge is 0.307 e. The molecule has 0 aromatic carbocycles. The van der Waals surface area contributed by atoms with Gasteiger partial charge in [0.15, 0.2) is 0 Å². The molecular formula is C5H8Br2O2. The lowest BCUT2D eigenvalue weighted by Gasteiger charge is -2.00. The molecule has 0 aliphatic heterocycles. The zero-order valence-electron chi connectivity index (χ0n) is 5.06. The molecule has 9 heavy (non-hydrogen) atoms. The highest BCUT2D eigenvalue weighted by molar-refractivity contribution is 9.09. The van der Waals surface area contributed by atoms with Crippen LogP contribution in [0.4, 0.5) is 0 Å². The normalized spacial score (nSPS) is 12.8. The minimum atomic E-state index is -0.184. The van der Waals surface area contributed by atoms with E-state index in [1.165, 1.54) is 0 Å². The van der Waals surface area contributed by atoms with E-state index in [4.69, 9.17) is 0 Å². The molecule has 0 rings (SSSR count). The zero-order chi connectivity index (χ0) is 7.28. The molecule has 0 spiro atoms. The van der Waals surface area contributed by atoms with Gasteiger partial charge in [-0.05, 0) is 15.9 Å². The molecule has 1 atom stereocenters. The first-order chi connectivity index (χ1) is 4.16. The summed E-state index contributed by atoms with van der Waals surface area (Å²) in [6.45, 7) is 1.90. The first-order valence-electron chi connectivity index (χ1n) is 2.52. The number of esters is 1. The van der Waals surface area contributed by atoms with Gasteiger partial charge in [0.25, 0.3) is 0 Å². The fourth-order valence-electron chi connectivity index (χ4n) is 0.349. The van der Waals surface area contributed by atoms with Crippen LogP contribution in [0, 0.1) is 0 Å². The molecule has 2 nitrogen and oxygen atoms in total. The molecule has 4 heteroatoms. The van der Waals surface area contributed by atoms with Crippen LogP contribution in [-0.2, 0) is 9.53 Å². The second kappa shape index (κ2) is 5.23. The molecule has 0 saturated carbocycles. The van der Waals surface area contributed by atoms with Crippen LogP contribution in [0.15, 0.2) is 0 Å². The topological polar surface area (TPSA) is 26.3 Å². The molecule has 0 amide bonds. The molecule has 0 aliphatic rings. The van der Waals surface area contributed by atoms with Gasteiger partial charge < -0.3 is 4.74 Å². The van der Waals surface area contributed by atoms with Crippen LogP contribution in [-0.4, -0.2) is 16.3 Å². The van der Waals surface area contributed by atoms with E-state index in [-0.39, 0.29) is 16.3 Å². The van der Waals surface area contributed by atoms with Crippen molar-refractivity contribution in [3.8, 4) is 0 Å². The zero-order valence-corrected chi connectivity index (χ0v) is 8.24. The molecule has 0 radical (unpaired) electrons. The van der Waals surface area contributed by atoms with Gasteiger partial charge in [0.05, 0.1) is 6.42 Å². The molecule has 54 valence electrons. The van der Waals surface area contributed by atoms with Crippen LogP contribution in [0.2, 0.25) is 0 Å². The molecule has 0 N–H and O–H groups in total. The highest BCUT2D eigenvalue weighted by Gasteiger charge is 2.04. The van der Waals surface area contributed by atoms with Crippen LogP contribution in [0.25, 0.3) is 0 Å². The summed E-state index contributed by atoms with van der Waals surface area (Å²) in [5.41, 5.74) is 0.283. The van der Waals surface area contributed by atoms with E-state index in [0.717, 1.165) is 0 Å². The Morgan fingerprint density at radius 2 is 2.33 bits per heavy atom. The number of hydrogen-bond donors (Lipinski definition) is 0. The lowest BCUT2D eigenvalue weighted by molar-refractivity contribution is -0.141. The fraction of sp³-hybridized carbons (Fsp3) is 0.800. The summed E-state index contributed by atoms with van der Waals surface area (Å²) in [5, 5.41) is 0. The van der Waals surface area contributed by atoms with Gasteiger partial charge in [0.1, 0.15) is 5.52 Å². The Morgan fingerprint density at radius 3 is 2.67 bits per heavy atom. The molecular weight excluding hydrogens is 252 g/mol. The monoisotopic (exact) mass is 258 g/mol. The third kappa shape index (κ3) is 6.31. The van der Waals surface area contributed by atoms with Crippen LogP contribution < -0.4 is 0 Å². The summed E-state index contributed by atoms with van der Waals surface area (Å²) in [6, 6.07) is 0. The molecule has 0 aliphatic carbocycles. The number of ether oxygens (including phenoxy) is 1. The number of halogens is 2. The summed E-state index contributed by atoms with van der Waals surface area (Å²) in [6.07, 6.45) is 0.422. The second-order valence-electron chi connectivity index (χ2n) is 1.61. The van der Waals surface area contributed by atoms with Crippen molar-refractivity contribution < 1.29 is 9.53 Å². The SMILES string of the molecule is CC(Br)CC(=O)OCBr. The van der Waals surface area contributed by atoms with E-state index in [1.807, 2.05) is 6.92 Å². The maximum Gasteiger partial charge on any atom is 0.307 e. The van der Waals surface area contributed by atoms with Gasteiger partial charge in [-0.25, -0.2) is 0 Å². The van der Waals surface area contributed by atoms with Gasteiger partial charge in [-0.3, -0.25) is 4.79 Å². The van der Waals surface area contributed by atoms with Crippen molar-refractivity contribution in [2.24, 2.45) is 0 Å². The van der Waals surface area contributed by atoms with Crippen molar-refractivity contribution in [1.29, 1.82) is 0 Å². The van der Waals surface area contributed by atoms with E-state index in [2.05, 4.69) is 36.6 Å². The lowest BCUT2D eigenvalue weighted by atomic mass is 10.3. The molecule has 0 heterocycles. The predicted octanol–water partition coefficient (Wildman–Crippen LogP) is 2.06. The quantitative estimate of drug-likeness (QED) is 0.573. The average molecular weight is 260 g/mol. The second-order valence-corrected chi connectivity index (χ2v) is 3.63. The van der Waals surface area contributed by atoms with Gasteiger partial charge in [0.2, 0.25) is 0 Å². The maximum absolute atomic E-state index is 10.6. The van der Waals surface area contributed by atoms with Crippen LogP contribution in [0.5, 0.6) is 0 Å². The standard InChI is InChI=1S/C5H8Br2O2/c1-4(7)2-5(8)9-3-6/h4H,2-3H2,1H3. The Kier molecular flexibility index (Phi) is 5.48. The molecule has 0 aromatic rings. The Balaban J connectivity index is 3.27. The van der Waals surface area contributed by atoms with Crippen molar-refractivity contribution in [2.45, 2.75) is 18.2 Å². The third-order valence-corrected chi connectivity index (χ3v) is 1.22. The number of alkyl halides is 2. The minimum absolute atomic E-state index is 0.184. The molecule has 0 bridgehead atoms. The van der Waals surface area contributed by atoms with E-state index in [9.17, 15) is 4.79 Å². The fourth-order valence-corrected chi connectivity index (χ4v) is 0.869. The van der Waals surface area contributed by atoms with Gasteiger partial charge in [-0.2, -0.15) is 0 Å². The summed E-state index contributed by atoms with van der Waals surface area (Å²) in [4.78, 5) is 10.8. The molecule has 1 unspecified atom stereocenters. The van der Waals surface area contributed by atoms with Gasteiger partial charge in [-0.1, -0.05) is 22.9 Å². The van der Waals surface area contributed by atoms with E-state index >= 15 is 0 Å². The Hall–Kier alpha value is 0.430. The first-order valence-corrected chi connectivity index (χ1v) is 4.56. The highest BCUT2D eigenvalue weighted by atomic mass is 79.9. The minimum Gasteiger partial charge on any atom is -0.454 e. The average Bonchev–Trinajstić information content (AvgIpc) is 1.63. The lowest BCUT2D eigenvalue weighted by Crippen LogP contribution is -2.07. The maximum atomic E-state index is 10.6. The van der Waals surface area contributed by atoms with Crippen LogP contribution in [0.1, 0.15) is 13.3 Å². The van der Waals surface area contributed by atoms with Crippen molar-refractivity contribution in [1.82, 2.24) is 0 Å². The molecule has 0 aromatic heterocycles. The Labute approximate surface area is 71.2 Å². The van der Waals surface area contributed by atoms with E-state index in [1.54, 1.807) is 0 Å². The van der Waals surface area contributed by atoms with Crippen molar-refractivity contribution >= 4 is 37.8 Å². The van der Waals surface area contributed by atoms with Gasteiger partial charge in [-0.15, -0.1) is 0 Å². The largest absolute Gasteiger partial charge is 0.454 e. The summed E-state index contributed by atoms with van der Waals surface area (Å²) < 4.78 is 4.60. The summed E-state index contributed by atoms with van der Waals surface area (Å²) >= 11 is 6.21. The number of rotatable bonds is 3. The number of carbonyl (C=O) groups excluding carboxylic acids is 1. The molecule has 0 saturated heterocycles. The number of carbonyl (C=O) groups is 1. The van der Waals surface area contributed by atoms with Crippen molar-refractivity contribution in [3.05, 3.63) is 0 Å². The molecule has 0 fully saturated rings. The Morgan fingerprint density at radius 1 is 1.78 bits per heavy atom. The first kappa shape index (κ1) is 9.43. The van der Waals surface area contributed by atoms with Gasteiger partial charge in [0, 0.05) is 4.83 Å². The van der Waals surface area contributed by atoms with E-state index in [0.29, 0.717) is 6.42 Å². The Bertz CT molecular complexity index is 93.0. The predicted molar refractivity (Wildman–Crippen MR) is 42.9 cm³/mol.